The van der Waals surface area contributed by atoms with E-state index in [0.717, 1.165) is 6.08 Å². The van der Waals surface area contributed by atoms with Crippen LogP contribution in [0.3, 0.4) is 0 Å². The second-order valence-electron chi connectivity index (χ2n) is 2.15. The van der Waals surface area contributed by atoms with E-state index >= 15 is 0 Å². The lowest BCUT2D eigenvalue weighted by Crippen LogP contribution is -1.96. The Morgan fingerprint density at radius 2 is 2.10 bits per heavy atom. The van der Waals surface area contributed by atoms with E-state index in [-0.39, 0.29) is 0 Å². The quantitative estimate of drug-likeness (QED) is 0.536. The van der Waals surface area contributed by atoms with E-state index in [2.05, 4.69) is 0 Å². The van der Waals surface area contributed by atoms with E-state index in [1.807, 2.05) is 0 Å². The van der Waals surface area contributed by atoms with Crippen LogP contribution >= 0.6 is 0 Å². The average Bonchev–Trinajstić information content (AvgIpc) is 2.43. The van der Waals surface area contributed by atoms with Gasteiger partial charge in [0.2, 0.25) is 0 Å². The molecule has 0 heterocycles. The fourth-order valence-electron chi connectivity index (χ4n) is 0.741. The number of rotatable bonds is 2. The Morgan fingerprint density at radius 3 is 2.40 bits per heavy atom. The zero-order chi connectivity index (χ0) is 7.72. The maximum absolute atomic E-state index is 10.1. The molecule has 0 spiro atoms. The van der Waals surface area contributed by atoms with Gasteiger partial charge < -0.3 is 10.2 Å². The van der Waals surface area contributed by atoms with E-state index in [0.29, 0.717) is 12.0 Å². The maximum atomic E-state index is 10.1. The standard InChI is InChI=1S/C6H6O4/c7-5(8)2-3-1-4(3)6(9)10/h2,4H,1H2,(H,7,8)(H,9,10)/b3-2-/t4-/m1/s1. The van der Waals surface area contributed by atoms with Crippen molar-refractivity contribution in [3.63, 3.8) is 0 Å². The van der Waals surface area contributed by atoms with E-state index in [1.54, 1.807) is 0 Å². The Kier molecular flexibility index (Phi) is 1.45. The molecule has 4 heteroatoms. The molecule has 4 nitrogen and oxygen atoms in total. The maximum Gasteiger partial charge on any atom is 0.328 e. The number of hydrogen-bond donors (Lipinski definition) is 2. The lowest BCUT2D eigenvalue weighted by atomic mass is 10.4. The third kappa shape index (κ3) is 1.34. The fraction of sp³-hybridized carbons (Fsp3) is 0.333. The topological polar surface area (TPSA) is 74.6 Å². The molecule has 0 aliphatic heterocycles. The first kappa shape index (κ1) is 6.80. The lowest BCUT2D eigenvalue weighted by molar-refractivity contribution is -0.138. The van der Waals surface area contributed by atoms with Crippen LogP contribution in [0.4, 0.5) is 0 Å². The van der Waals surface area contributed by atoms with Gasteiger partial charge in [0.15, 0.2) is 0 Å². The first-order valence-corrected chi connectivity index (χ1v) is 2.77. The van der Waals surface area contributed by atoms with Gasteiger partial charge in [0.25, 0.3) is 0 Å². The fourth-order valence-corrected chi connectivity index (χ4v) is 0.741. The highest BCUT2D eigenvalue weighted by atomic mass is 16.4. The molecule has 0 radical (unpaired) electrons. The molecule has 1 fully saturated rings. The van der Waals surface area contributed by atoms with Gasteiger partial charge in [-0.1, -0.05) is 0 Å². The summed E-state index contributed by atoms with van der Waals surface area (Å²) in [6.07, 6.45) is 1.35. The molecule has 0 bridgehead atoms. The number of carboxylic acid groups (broad SMARTS) is 2. The van der Waals surface area contributed by atoms with Crippen LogP contribution < -0.4 is 0 Å². The Balaban J connectivity index is 2.53. The average molecular weight is 142 g/mol. The van der Waals surface area contributed by atoms with Gasteiger partial charge in [-0.15, -0.1) is 0 Å². The van der Waals surface area contributed by atoms with Crippen LogP contribution in [0.2, 0.25) is 0 Å². The predicted molar refractivity (Wildman–Crippen MR) is 31.5 cm³/mol. The van der Waals surface area contributed by atoms with Gasteiger partial charge in [0.1, 0.15) is 0 Å². The van der Waals surface area contributed by atoms with Crippen LogP contribution in [0.1, 0.15) is 6.42 Å². The van der Waals surface area contributed by atoms with Crippen molar-refractivity contribution in [1.82, 2.24) is 0 Å². The molecule has 54 valence electrons. The summed E-state index contributed by atoms with van der Waals surface area (Å²) in [5, 5.41) is 16.5. The monoisotopic (exact) mass is 142 g/mol. The third-order valence-corrected chi connectivity index (χ3v) is 1.33. The van der Waals surface area contributed by atoms with Gasteiger partial charge in [-0.3, -0.25) is 4.79 Å². The molecule has 0 aromatic carbocycles. The highest BCUT2D eigenvalue weighted by Gasteiger charge is 2.37. The molecular formula is C6H6O4. The highest BCUT2D eigenvalue weighted by Crippen LogP contribution is 2.37. The van der Waals surface area contributed by atoms with Gasteiger partial charge in [0, 0.05) is 6.08 Å². The summed E-state index contributed by atoms with van der Waals surface area (Å²) in [5.74, 6) is -2.54. The molecular weight excluding hydrogens is 136 g/mol. The second-order valence-corrected chi connectivity index (χ2v) is 2.15. The zero-order valence-corrected chi connectivity index (χ0v) is 5.07. The molecule has 0 aromatic heterocycles. The first-order valence-electron chi connectivity index (χ1n) is 2.77. The van der Waals surface area contributed by atoms with E-state index in [4.69, 9.17) is 10.2 Å². The van der Waals surface area contributed by atoms with E-state index in [9.17, 15) is 9.59 Å². The van der Waals surface area contributed by atoms with Crippen LogP contribution in [-0.2, 0) is 9.59 Å². The van der Waals surface area contributed by atoms with Crippen LogP contribution in [-0.4, -0.2) is 22.2 Å². The van der Waals surface area contributed by atoms with Gasteiger partial charge >= 0.3 is 11.9 Å². The van der Waals surface area contributed by atoms with Crippen LogP contribution in [0.15, 0.2) is 11.6 Å². The Labute approximate surface area is 56.8 Å². The Morgan fingerprint density at radius 1 is 1.50 bits per heavy atom. The molecule has 10 heavy (non-hydrogen) atoms. The SMILES string of the molecule is O=C(O)/C=C1/C[C@H]1C(=O)O. The molecule has 0 amide bonds. The van der Waals surface area contributed by atoms with E-state index in [1.165, 1.54) is 0 Å². The highest BCUT2D eigenvalue weighted by molar-refractivity contribution is 5.87. The molecule has 1 saturated carbocycles. The summed E-state index contributed by atoms with van der Waals surface area (Å²) in [4.78, 5) is 20.1. The molecule has 1 aliphatic rings. The molecule has 2 N–H and O–H groups in total. The Bertz CT molecular complexity index is 216. The summed E-state index contributed by atoms with van der Waals surface area (Å²) in [7, 11) is 0. The molecule has 0 unspecified atom stereocenters. The second kappa shape index (κ2) is 2.13. The van der Waals surface area contributed by atoms with Gasteiger partial charge in [0.05, 0.1) is 5.92 Å². The van der Waals surface area contributed by atoms with Gasteiger partial charge in [-0.2, -0.15) is 0 Å². The van der Waals surface area contributed by atoms with Crippen LogP contribution in [0.25, 0.3) is 0 Å². The zero-order valence-electron chi connectivity index (χ0n) is 5.07. The van der Waals surface area contributed by atoms with Gasteiger partial charge in [-0.05, 0) is 12.0 Å². The molecule has 1 aliphatic carbocycles. The van der Waals surface area contributed by atoms with Crippen LogP contribution in [0.5, 0.6) is 0 Å². The number of carbonyl (C=O) groups is 2. The third-order valence-electron chi connectivity index (χ3n) is 1.33. The number of hydrogen-bond acceptors (Lipinski definition) is 2. The minimum Gasteiger partial charge on any atom is -0.481 e. The van der Waals surface area contributed by atoms with Crippen molar-refractivity contribution in [1.29, 1.82) is 0 Å². The summed E-state index contributed by atoms with van der Waals surface area (Å²) in [6, 6.07) is 0. The normalized spacial score (nSPS) is 26.4. The van der Waals surface area contributed by atoms with Gasteiger partial charge in [-0.25, -0.2) is 4.79 Å². The number of carboxylic acids is 2. The molecule has 1 rings (SSSR count). The van der Waals surface area contributed by atoms with E-state index < -0.39 is 17.9 Å². The van der Waals surface area contributed by atoms with Crippen molar-refractivity contribution in [2.45, 2.75) is 6.42 Å². The number of aliphatic carboxylic acids is 2. The summed E-state index contributed by atoms with van der Waals surface area (Å²) < 4.78 is 0. The van der Waals surface area contributed by atoms with Crippen molar-refractivity contribution >= 4 is 11.9 Å². The van der Waals surface area contributed by atoms with Crippen molar-refractivity contribution in [2.75, 3.05) is 0 Å². The minimum atomic E-state index is -1.07. The van der Waals surface area contributed by atoms with Crippen molar-refractivity contribution in [2.24, 2.45) is 5.92 Å². The lowest BCUT2D eigenvalue weighted by Gasteiger charge is -1.79. The smallest absolute Gasteiger partial charge is 0.328 e. The minimum absolute atomic E-state index is 0.391. The first-order chi connectivity index (χ1) is 4.61. The van der Waals surface area contributed by atoms with Crippen molar-refractivity contribution in [3.05, 3.63) is 11.6 Å². The summed E-state index contributed by atoms with van der Waals surface area (Å²) >= 11 is 0. The summed E-state index contributed by atoms with van der Waals surface area (Å²) in [5.41, 5.74) is 0.500. The van der Waals surface area contributed by atoms with Crippen molar-refractivity contribution < 1.29 is 19.8 Å². The van der Waals surface area contributed by atoms with Crippen molar-refractivity contribution in [3.8, 4) is 0 Å². The molecule has 0 aromatic rings. The molecule has 1 atom stereocenters. The van der Waals surface area contributed by atoms with Crippen LogP contribution in [0, 0.1) is 5.92 Å². The largest absolute Gasteiger partial charge is 0.481 e. The Hall–Kier alpha value is -1.32. The molecule has 0 saturated heterocycles. The predicted octanol–water partition coefficient (Wildman–Crippen LogP) is 0.102. The summed E-state index contributed by atoms with van der Waals surface area (Å²) in [6.45, 7) is 0.